The minimum Gasteiger partial charge on any atom is -0.478 e. The number of ether oxygens (including phenoxy) is 2. The second kappa shape index (κ2) is 13.5. The Bertz CT molecular complexity index is 1510. The number of nitrogens with zero attached hydrogens (tertiary/aromatic N) is 1. The maximum atomic E-state index is 14.0. The van der Waals surface area contributed by atoms with Gasteiger partial charge in [0.05, 0.1) is 18.1 Å². The second-order valence-electron chi connectivity index (χ2n) is 12.6. The van der Waals surface area contributed by atoms with Crippen LogP contribution in [0, 0.1) is 5.82 Å². The number of carbonyl (C=O) groups excluding carboxylic acids is 1. The van der Waals surface area contributed by atoms with E-state index in [4.69, 9.17) is 9.47 Å². The Kier molecular flexibility index (Phi) is 9.81. The molecule has 3 aromatic carbocycles. The number of carboxylic acids is 1. The molecule has 2 saturated heterocycles. The highest BCUT2D eigenvalue weighted by Crippen LogP contribution is 2.43. The van der Waals surface area contributed by atoms with Gasteiger partial charge in [-0.25, -0.2) is 9.18 Å². The molecule has 11 heteroatoms. The van der Waals surface area contributed by atoms with Crippen LogP contribution in [0.2, 0.25) is 0 Å². The lowest BCUT2D eigenvalue weighted by molar-refractivity contribution is -0.228. The lowest BCUT2D eigenvalue weighted by atomic mass is 9.68. The first-order chi connectivity index (χ1) is 21.8. The molecule has 2 aliphatic rings. The molecule has 0 radical (unpaired) electrons. The Morgan fingerprint density at radius 3 is 2.13 bits per heavy atom. The predicted octanol–water partition coefficient (Wildman–Crippen LogP) is 2.76. The number of β-lactam (4-membered cyclic amide) rings is 1. The van der Waals surface area contributed by atoms with E-state index in [0.29, 0.717) is 37.2 Å². The summed E-state index contributed by atoms with van der Waals surface area (Å²) in [6.45, 7) is 2.81. The van der Waals surface area contributed by atoms with Gasteiger partial charge in [0.25, 0.3) is 0 Å². The van der Waals surface area contributed by atoms with Gasteiger partial charge in [-0.1, -0.05) is 36.4 Å². The van der Waals surface area contributed by atoms with Crippen molar-refractivity contribution >= 4 is 17.6 Å². The fraction of sp³-hybridized carbons (Fsp3) is 0.429. The quantitative estimate of drug-likeness (QED) is 0.189. The zero-order chi connectivity index (χ0) is 33.2. The smallest absolute Gasteiger partial charge is 0.347 e. The van der Waals surface area contributed by atoms with Crippen LogP contribution >= 0.6 is 0 Å². The van der Waals surface area contributed by atoms with Crippen molar-refractivity contribution in [1.29, 1.82) is 0 Å². The summed E-state index contributed by atoms with van der Waals surface area (Å²) in [5.74, 6) is -1.13. The van der Waals surface area contributed by atoms with Crippen molar-refractivity contribution in [3.63, 3.8) is 0 Å². The van der Waals surface area contributed by atoms with Gasteiger partial charge in [0, 0.05) is 18.7 Å². The van der Waals surface area contributed by atoms with Crippen molar-refractivity contribution in [2.24, 2.45) is 0 Å². The van der Waals surface area contributed by atoms with Crippen molar-refractivity contribution in [3.8, 4) is 5.75 Å². The molecule has 246 valence electrons. The number of hydrogen-bond acceptors (Lipinski definition) is 8. The van der Waals surface area contributed by atoms with E-state index in [1.165, 1.54) is 26.0 Å². The largest absolute Gasteiger partial charge is 0.478 e. The Morgan fingerprint density at radius 1 is 0.935 bits per heavy atom. The minimum absolute atomic E-state index is 0.0900. The van der Waals surface area contributed by atoms with E-state index in [1.807, 2.05) is 24.3 Å². The molecule has 0 saturated carbocycles. The van der Waals surface area contributed by atoms with E-state index < -0.39 is 54.1 Å². The molecule has 3 aromatic rings. The van der Waals surface area contributed by atoms with Crippen molar-refractivity contribution in [2.45, 2.75) is 81.1 Å². The van der Waals surface area contributed by atoms with E-state index in [0.717, 1.165) is 16.7 Å². The number of benzene rings is 3. The maximum Gasteiger partial charge on any atom is 0.347 e. The van der Waals surface area contributed by atoms with Gasteiger partial charge in [0.15, 0.2) is 5.60 Å². The van der Waals surface area contributed by atoms with E-state index in [1.54, 1.807) is 41.3 Å². The van der Waals surface area contributed by atoms with Crippen LogP contribution in [0.15, 0.2) is 72.8 Å². The number of aliphatic hydroxyl groups excluding tert-OH is 4. The molecule has 0 unspecified atom stereocenters. The van der Waals surface area contributed by atoms with Crippen LogP contribution in [0.3, 0.4) is 0 Å². The van der Waals surface area contributed by atoms with E-state index in [9.17, 15) is 39.5 Å². The van der Waals surface area contributed by atoms with Crippen LogP contribution < -0.4 is 9.64 Å². The highest BCUT2D eigenvalue weighted by molar-refractivity contribution is 6.08. The van der Waals surface area contributed by atoms with Crippen LogP contribution in [-0.2, 0) is 32.6 Å². The highest BCUT2D eigenvalue weighted by atomic mass is 19.1. The van der Waals surface area contributed by atoms with Gasteiger partial charge in [-0.15, -0.1) is 0 Å². The van der Waals surface area contributed by atoms with Gasteiger partial charge >= 0.3 is 5.97 Å². The molecule has 1 amide bonds. The number of amides is 1. The van der Waals surface area contributed by atoms with Crippen LogP contribution in [0.5, 0.6) is 5.75 Å². The number of aryl methyl sites for hydroxylation is 1. The van der Waals surface area contributed by atoms with E-state index >= 15 is 0 Å². The molecule has 2 fully saturated rings. The third kappa shape index (κ3) is 6.79. The summed E-state index contributed by atoms with van der Waals surface area (Å²) < 4.78 is 24.7. The Hall–Kier alpha value is -3.87. The van der Waals surface area contributed by atoms with E-state index in [2.05, 4.69) is 0 Å². The third-order valence-corrected chi connectivity index (χ3v) is 9.04. The summed E-state index contributed by atoms with van der Waals surface area (Å²) in [4.78, 5) is 27.1. The summed E-state index contributed by atoms with van der Waals surface area (Å²) in [7, 11) is 0. The number of carbonyl (C=O) groups is 2. The number of carboxylic acid groups (broad SMARTS) is 1. The van der Waals surface area contributed by atoms with Crippen molar-refractivity contribution < 1.29 is 49.0 Å². The number of halogens is 1. The van der Waals surface area contributed by atoms with Gasteiger partial charge in [-0.2, -0.15) is 0 Å². The first kappa shape index (κ1) is 33.5. The Labute approximate surface area is 266 Å². The van der Waals surface area contributed by atoms with Crippen LogP contribution in [0.25, 0.3) is 0 Å². The second-order valence-corrected chi connectivity index (χ2v) is 12.6. The summed E-state index contributed by atoms with van der Waals surface area (Å²) >= 11 is 0. The highest BCUT2D eigenvalue weighted by Gasteiger charge is 2.53. The minimum atomic E-state index is -1.46. The standard InChI is InChI=1S/C35H40FNO9/c1-34(2,33(43)44)46-26-15-13-25(14-16-26)37-20-35(32(37)42,17-3-4-21-7-11-24(36)12-8-21)23-9-5-22(6-10-23)18-27-29(39)31(41)30(40)28(19-38)45-27/h5-16,27-31,38-41H,3-4,17-20H2,1-2H3,(H,43,44)/t27-,28-,29+,30-,31-,35-/m1/s1. The molecule has 5 N–H and O–H groups in total. The molecule has 6 atom stereocenters. The Morgan fingerprint density at radius 2 is 1.54 bits per heavy atom. The number of anilines is 1. The summed E-state index contributed by atoms with van der Waals surface area (Å²) in [5, 5.41) is 49.6. The van der Waals surface area contributed by atoms with Crippen molar-refractivity contribution in [1.82, 2.24) is 0 Å². The first-order valence-corrected chi connectivity index (χ1v) is 15.3. The zero-order valence-electron chi connectivity index (χ0n) is 25.8. The van der Waals surface area contributed by atoms with Gasteiger partial charge < -0.3 is 39.9 Å². The Balaban J connectivity index is 1.33. The summed E-state index contributed by atoms with van der Waals surface area (Å²) in [6, 6.07) is 20.4. The zero-order valence-corrected chi connectivity index (χ0v) is 25.8. The molecule has 2 aliphatic heterocycles. The number of hydrogen-bond donors (Lipinski definition) is 5. The van der Waals surface area contributed by atoms with Crippen LogP contribution in [0.4, 0.5) is 10.1 Å². The molecule has 5 rings (SSSR count). The van der Waals surface area contributed by atoms with Crippen molar-refractivity contribution in [2.75, 3.05) is 18.1 Å². The van der Waals surface area contributed by atoms with Gasteiger partial charge in [0.2, 0.25) is 5.91 Å². The predicted molar refractivity (Wildman–Crippen MR) is 166 cm³/mol. The fourth-order valence-electron chi connectivity index (χ4n) is 6.15. The SMILES string of the molecule is CC(C)(Oc1ccc(N2C[C@](CCCc3ccc(F)cc3)(c3ccc(C[C@H]4O[C@H](CO)[C@@H](O)[C@H](O)[C@H]4O)cc3)C2=O)cc1)C(=O)O. The monoisotopic (exact) mass is 637 g/mol. The summed E-state index contributed by atoms with van der Waals surface area (Å²) in [5.41, 5.74) is 0.977. The number of rotatable bonds is 12. The molecule has 10 nitrogen and oxygen atoms in total. The number of aliphatic carboxylic acids is 1. The lowest BCUT2D eigenvalue weighted by Gasteiger charge is -2.49. The molecule has 0 aliphatic carbocycles. The average Bonchev–Trinajstić information content (AvgIpc) is 3.04. The fourth-order valence-corrected chi connectivity index (χ4v) is 6.15. The van der Waals surface area contributed by atoms with Crippen LogP contribution in [0.1, 0.15) is 43.4 Å². The van der Waals surface area contributed by atoms with Gasteiger partial charge in [-0.3, -0.25) is 4.79 Å². The maximum absolute atomic E-state index is 14.0. The first-order valence-electron chi connectivity index (χ1n) is 15.3. The topological polar surface area (TPSA) is 157 Å². The van der Waals surface area contributed by atoms with Crippen LogP contribution in [-0.4, -0.2) is 86.7 Å². The van der Waals surface area contributed by atoms with Gasteiger partial charge in [-0.05, 0) is 86.2 Å². The molecular weight excluding hydrogens is 597 g/mol. The molecule has 0 aromatic heterocycles. The van der Waals surface area contributed by atoms with E-state index in [-0.39, 0.29) is 18.1 Å². The normalized spacial score (nSPS) is 26.5. The molecule has 2 heterocycles. The lowest BCUT2D eigenvalue weighted by Crippen LogP contribution is -2.64. The third-order valence-electron chi connectivity index (χ3n) is 9.04. The van der Waals surface area contributed by atoms with Crippen molar-refractivity contribution in [3.05, 3.63) is 95.3 Å². The summed E-state index contributed by atoms with van der Waals surface area (Å²) in [6.07, 6.45) is -3.97. The average molecular weight is 638 g/mol. The van der Waals surface area contributed by atoms with Gasteiger partial charge in [0.1, 0.15) is 36.0 Å². The molecule has 0 spiro atoms. The molecular formula is C35H40FNO9. The number of aliphatic hydroxyl groups is 4. The molecule has 0 bridgehead atoms. The molecule has 46 heavy (non-hydrogen) atoms.